The molecule has 0 atom stereocenters. The molecular formula is C8H8INO2. The van der Waals surface area contributed by atoms with Crippen LogP contribution in [0, 0.1) is 3.57 Å². The van der Waals surface area contributed by atoms with Gasteiger partial charge in [-0.2, -0.15) is 0 Å². The highest BCUT2D eigenvalue weighted by Crippen LogP contribution is 2.17. The van der Waals surface area contributed by atoms with Gasteiger partial charge in [0, 0.05) is 9.13 Å². The second-order valence-corrected chi connectivity index (χ2v) is 3.37. The van der Waals surface area contributed by atoms with Crippen LogP contribution in [0.5, 0.6) is 5.75 Å². The minimum Gasteiger partial charge on any atom is -0.507 e. The molecule has 1 aromatic rings. The summed E-state index contributed by atoms with van der Waals surface area (Å²) < 4.78 is 1.04. The Balaban J connectivity index is 2.97. The summed E-state index contributed by atoms with van der Waals surface area (Å²) in [6, 6.07) is 5.26. The molecule has 0 aliphatic carbocycles. The Morgan fingerprint density at radius 3 is 3.00 bits per heavy atom. The summed E-state index contributed by atoms with van der Waals surface area (Å²) >= 11 is 2.16. The lowest BCUT2D eigenvalue weighted by atomic mass is 10.2. The predicted octanol–water partition coefficient (Wildman–Crippen LogP) is 1.98. The van der Waals surface area contributed by atoms with Gasteiger partial charge >= 0.3 is 0 Å². The number of nitrogens with zero attached hydrogens (tertiary/aromatic N) is 1. The van der Waals surface area contributed by atoms with Crippen LogP contribution in [0.25, 0.3) is 0 Å². The first kappa shape index (κ1) is 9.31. The van der Waals surface area contributed by atoms with Crippen molar-refractivity contribution in [2.24, 2.45) is 5.16 Å². The van der Waals surface area contributed by atoms with Gasteiger partial charge in [-0.25, -0.2) is 0 Å². The van der Waals surface area contributed by atoms with Gasteiger partial charge in [-0.3, -0.25) is 0 Å². The van der Waals surface area contributed by atoms with Crippen molar-refractivity contribution in [3.8, 4) is 5.75 Å². The molecule has 0 unspecified atom stereocenters. The third kappa shape index (κ3) is 2.37. The van der Waals surface area contributed by atoms with Crippen molar-refractivity contribution in [2.45, 2.75) is 0 Å². The molecule has 0 aromatic heterocycles. The molecule has 1 aromatic carbocycles. The van der Waals surface area contributed by atoms with Gasteiger partial charge in [0.1, 0.15) is 12.9 Å². The van der Waals surface area contributed by atoms with Crippen LogP contribution >= 0.6 is 22.6 Å². The topological polar surface area (TPSA) is 41.8 Å². The van der Waals surface area contributed by atoms with E-state index in [1.165, 1.54) is 13.3 Å². The maximum Gasteiger partial charge on any atom is 0.124 e. The number of benzene rings is 1. The van der Waals surface area contributed by atoms with Gasteiger partial charge in [0.15, 0.2) is 0 Å². The van der Waals surface area contributed by atoms with E-state index in [1.54, 1.807) is 6.07 Å². The van der Waals surface area contributed by atoms with E-state index in [1.807, 2.05) is 12.1 Å². The van der Waals surface area contributed by atoms with Crippen LogP contribution in [0.4, 0.5) is 0 Å². The second-order valence-electron chi connectivity index (χ2n) is 2.12. The molecule has 0 saturated carbocycles. The Kier molecular flexibility index (Phi) is 3.33. The van der Waals surface area contributed by atoms with E-state index in [-0.39, 0.29) is 5.75 Å². The van der Waals surface area contributed by atoms with E-state index in [0.717, 1.165) is 3.57 Å². The molecule has 0 aliphatic rings. The van der Waals surface area contributed by atoms with Crippen molar-refractivity contribution in [3.63, 3.8) is 0 Å². The van der Waals surface area contributed by atoms with Crippen molar-refractivity contribution >= 4 is 28.8 Å². The molecule has 1 rings (SSSR count). The van der Waals surface area contributed by atoms with E-state index < -0.39 is 0 Å². The first-order valence-corrected chi connectivity index (χ1v) is 4.37. The minimum atomic E-state index is 0.205. The molecule has 0 spiro atoms. The second kappa shape index (κ2) is 4.30. The normalized spacial score (nSPS) is 10.5. The van der Waals surface area contributed by atoms with Gasteiger partial charge < -0.3 is 9.94 Å². The van der Waals surface area contributed by atoms with Crippen LogP contribution in [0.15, 0.2) is 23.4 Å². The Bertz CT molecular complexity index is 299. The van der Waals surface area contributed by atoms with Crippen molar-refractivity contribution < 1.29 is 9.94 Å². The maximum atomic E-state index is 9.31. The smallest absolute Gasteiger partial charge is 0.124 e. The third-order valence-corrected chi connectivity index (χ3v) is 1.96. The van der Waals surface area contributed by atoms with Crippen LogP contribution in [0.3, 0.4) is 0 Å². The van der Waals surface area contributed by atoms with Gasteiger partial charge in [0.25, 0.3) is 0 Å². The number of phenols is 1. The summed E-state index contributed by atoms with van der Waals surface area (Å²) in [4.78, 5) is 4.50. The number of oxime groups is 1. The number of hydrogen-bond donors (Lipinski definition) is 1. The van der Waals surface area contributed by atoms with Gasteiger partial charge in [-0.15, -0.1) is 0 Å². The quantitative estimate of drug-likeness (QED) is 0.510. The summed E-state index contributed by atoms with van der Waals surface area (Å²) in [5.74, 6) is 0.205. The van der Waals surface area contributed by atoms with E-state index in [0.29, 0.717) is 5.56 Å². The molecule has 0 heterocycles. The maximum absolute atomic E-state index is 9.31. The zero-order valence-corrected chi connectivity index (χ0v) is 8.65. The summed E-state index contributed by atoms with van der Waals surface area (Å²) in [6.07, 6.45) is 1.47. The summed E-state index contributed by atoms with van der Waals surface area (Å²) in [5.41, 5.74) is 0.656. The average Bonchev–Trinajstić information content (AvgIpc) is 2.07. The number of phenolic OH excluding ortho intramolecular Hbond substituents is 1. The average molecular weight is 277 g/mol. The molecule has 12 heavy (non-hydrogen) atoms. The van der Waals surface area contributed by atoms with Crippen LogP contribution in [0.2, 0.25) is 0 Å². The van der Waals surface area contributed by atoms with E-state index in [4.69, 9.17) is 0 Å². The fourth-order valence-corrected chi connectivity index (χ4v) is 1.25. The zero-order valence-electron chi connectivity index (χ0n) is 6.49. The highest BCUT2D eigenvalue weighted by molar-refractivity contribution is 14.1. The molecule has 0 radical (unpaired) electrons. The standard InChI is InChI=1S/C8H8INO2/c1-12-10-5-6-4-7(9)2-3-8(6)11/h2-5,11H,1H3/b10-5+. The van der Waals surface area contributed by atoms with Crippen molar-refractivity contribution in [1.82, 2.24) is 0 Å². The number of hydrogen-bond acceptors (Lipinski definition) is 3. The van der Waals surface area contributed by atoms with Crippen molar-refractivity contribution in [2.75, 3.05) is 7.11 Å². The van der Waals surface area contributed by atoms with Crippen LogP contribution in [-0.2, 0) is 4.84 Å². The van der Waals surface area contributed by atoms with Crippen molar-refractivity contribution in [3.05, 3.63) is 27.3 Å². The lowest BCUT2D eigenvalue weighted by Gasteiger charge is -1.97. The monoisotopic (exact) mass is 277 g/mol. The summed E-state index contributed by atoms with van der Waals surface area (Å²) in [6.45, 7) is 0. The van der Waals surface area contributed by atoms with Crippen LogP contribution < -0.4 is 0 Å². The molecule has 0 aliphatic heterocycles. The third-order valence-electron chi connectivity index (χ3n) is 1.29. The highest BCUT2D eigenvalue weighted by atomic mass is 127. The van der Waals surface area contributed by atoms with E-state index in [2.05, 4.69) is 32.6 Å². The van der Waals surface area contributed by atoms with E-state index >= 15 is 0 Å². The molecule has 0 amide bonds. The SMILES string of the molecule is CO/N=C/c1cc(I)ccc1O. The lowest BCUT2D eigenvalue weighted by Crippen LogP contribution is -1.84. The molecule has 1 N–H and O–H groups in total. The molecular weight excluding hydrogens is 269 g/mol. The van der Waals surface area contributed by atoms with Gasteiger partial charge in [0.05, 0.1) is 6.21 Å². The Morgan fingerprint density at radius 1 is 1.58 bits per heavy atom. The number of rotatable bonds is 2. The van der Waals surface area contributed by atoms with Gasteiger partial charge in [-0.05, 0) is 40.8 Å². The largest absolute Gasteiger partial charge is 0.507 e. The zero-order chi connectivity index (χ0) is 8.97. The fourth-order valence-electron chi connectivity index (χ4n) is 0.738. The minimum absolute atomic E-state index is 0.205. The molecule has 64 valence electrons. The van der Waals surface area contributed by atoms with Gasteiger partial charge in [-0.1, -0.05) is 5.16 Å². The van der Waals surface area contributed by atoms with Crippen LogP contribution in [0.1, 0.15) is 5.56 Å². The molecule has 0 bridgehead atoms. The molecule has 0 fully saturated rings. The first-order chi connectivity index (χ1) is 5.74. The van der Waals surface area contributed by atoms with Crippen molar-refractivity contribution in [1.29, 1.82) is 0 Å². The summed E-state index contributed by atoms with van der Waals surface area (Å²) in [5, 5.41) is 12.9. The molecule has 4 heteroatoms. The Labute approximate surface area is 84.2 Å². The summed E-state index contributed by atoms with van der Waals surface area (Å²) in [7, 11) is 1.46. The van der Waals surface area contributed by atoms with Crippen LogP contribution in [-0.4, -0.2) is 18.4 Å². The van der Waals surface area contributed by atoms with Gasteiger partial charge in [0.2, 0.25) is 0 Å². The Hall–Kier alpha value is -0.780. The predicted molar refractivity (Wildman–Crippen MR) is 55.4 cm³/mol. The van der Waals surface area contributed by atoms with E-state index in [9.17, 15) is 5.11 Å². The molecule has 0 saturated heterocycles. The number of aromatic hydroxyl groups is 1. The molecule has 3 nitrogen and oxygen atoms in total. The number of halogens is 1. The highest BCUT2D eigenvalue weighted by Gasteiger charge is 1.97. The fraction of sp³-hybridized carbons (Fsp3) is 0.125. The first-order valence-electron chi connectivity index (χ1n) is 3.29. The lowest BCUT2D eigenvalue weighted by molar-refractivity contribution is 0.215. The Morgan fingerprint density at radius 2 is 2.33 bits per heavy atom.